The van der Waals surface area contributed by atoms with Crippen molar-refractivity contribution in [3.8, 4) is 0 Å². The van der Waals surface area contributed by atoms with Gasteiger partial charge in [0.1, 0.15) is 12.4 Å². The molecule has 0 heterocycles. The van der Waals surface area contributed by atoms with E-state index in [1.165, 1.54) is 0 Å². The molecule has 1 aliphatic rings. The molecule has 79 valence electrons. The van der Waals surface area contributed by atoms with E-state index in [9.17, 15) is 0 Å². The first kappa shape index (κ1) is 11.6. The number of rotatable bonds is 5. The summed E-state index contributed by atoms with van der Waals surface area (Å²) in [4.78, 5) is 0. The van der Waals surface area contributed by atoms with Gasteiger partial charge in [-0.25, -0.2) is 0 Å². The molecule has 1 radical (unpaired) electrons. The highest BCUT2D eigenvalue weighted by atomic mass is 79.9. The van der Waals surface area contributed by atoms with Crippen LogP contribution in [0.5, 0.6) is 0 Å². The minimum Gasteiger partial charge on any atom is -0.497 e. The Morgan fingerprint density at radius 1 is 1.36 bits per heavy atom. The summed E-state index contributed by atoms with van der Waals surface area (Å²) in [7, 11) is 3.29. The molecule has 0 aliphatic heterocycles. The van der Waals surface area contributed by atoms with E-state index >= 15 is 0 Å². The quantitative estimate of drug-likeness (QED) is 0.712. The van der Waals surface area contributed by atoms with Crippen molar-refractivity contribution in [3.63, 3.8) is 0 Å². The zero-order chi connectivity index (χ0) is 10.4. The summed E-state index contributed by atoms with van der Waals surface area (Å²) >= 11 is 3.41. The van der Waals surface area contributed by atoms with Crippen molar-refractivity contribution in [2.75, 3.05) is 27.4 Å². The van der Waals surface area contributed by atoms with Crippen molar-refractivity contribution in [1.29, 1.82) is 0 Å². The normalized spacial score (nSPS) is 16.6. The molecule has 3 nitrogen and oxygen atoms in total. The molecule has 0 fully saturated rings. The van der Waals surface area contributed by atoms with Crippen LogP contribution in [0.2, 0.25) is 0 Å². The lowest BCUT2D eigenvalue weighted by atomic mass is 10.1. The molecular weight excluding hydrogens is 248 g/mol. The number of methoxy groups -OCH3 is 2. The van der Waals surface area contributed by atoms with Crippen molar-refractivity contribution < 1.29 is 14.2 Å². The number of hydrogen-bond acceptors (Lipinski definition) is 3. The van der Waals surface area contributed by atoms with E-state index < -0.39 is 0 Å². The van der Waals surface area contributed by atoms with Crippen LogP contribution in [-0.2, 0) is 14.2 Å². The smallest absolute Gasteiger partial charge is 0.170 e. The van der Waals surface area contributed by atoms with Crippen LogP contribution in [0.15, 0.2) is 22.1 Å². The van der Waals surface area contributed by atoms with Gasteiger partial charge in [-0.2, -0.15) is 0 Å². The van der Waals surface area contributed by atoms with E-state index in [1.54, 1.807) is 14.2 Å². The predicted octanol–water partition coefficient (Wildman–Crippen LogP) is 2.39. The van der Waals surface area contributed by atoms with Gasteiger partial charge in [0, 0.05) is 13.5 Å². The maximum absolute atomic E-state index is 5.53. The van der Waals surface area contributed by atoms with Gasteiger partial charge in [-0.15, -0.1) is 0 Å². The van der Waals surface area contributed by atoms with E-state index in [4.69, 9.17) is 14.2 Å². The molecule has 0 bridgehead atoms. The van der Waals surface area contributed by atoms with Crippen LogP contribution in [0.1, 0.15) is 6.42 Å². The fourth-order valence-electron chi connectivity index (χ4n) is 1.12. The Kier molecular flexibility index (Phi) is 5.04. The van der Waals surface area contributed by atoms with Crippen LogP contribution in [0.4, 0.5) is 0 Å². The standard InChI is InChI=1S/C10H14BrO3/c1-12-6-7-14-10-8(11)4-3-5-9(10)13-2/h3-4H,5-7H2,1-2H3. The average Bonchev–Trinajstić information content (AvgIpc) is 2.20. The lowest BCUT2D eigenvalue weighted by Gasteiger charge is -2.17. The number of allylic oxidation sites excluding steroid dienone is 3. The topological polar surface area (TPSA) is 27.7 Å². The average molecular weight is 262 g/mol. The van der Waals surface area contributed by atoms with Crippen molar-refractivity contribution in [3.05, 3.63) is 28.5 Å². The lowest BCUT2D eigenvalue weighted by molar-refractivity contribution is 0.104. The molecule has 4 heteroatoms. The Labute approximate surface area is 92.8 Å². The predicted molar refractivity (Wildman–Crippen MR) is 57.8 cm³/mol. The fraction of sp³-hybridized carbons (Fsp3) is 0.500. The maximum Gasteiger partial charge on any atom is 0.170 e. The van der Waals surface area contributed by atoms with Gasteiger partial charge in [-0.05, 0) is 22.4 Å². The molecule has 0 amide bonds. The zero-order valence-corrected chi connectivity index (χ0v) is 9.96. The van der Waals surface area contributed by atoms with Gasteiger partial charge in [-0.3, -0.25) is 0 Å². The van der Waals surface area contributed by atoms with Gasteiger partial charge in [0.05, 0.1) is 18.2 Å². The van der Waals surface area contributed by atoms with Crippen LogP contribution in [-0.4, -0.2) is 27.4 Å². The first-order valence-electron chi connectivity index (χ1n) is 4.37. The first-order chi connectivity index (χ1) is 6.79. The highest BCUT2D eigenvalue weighted by Crippen LogP contribution is 2.29. The summed E-state index contributed by atoms with van der Waals surface area (Å²) in [5.41, 5.74) is 0. The second-order valence-corrected chi connectivity index (χ2v) is 3.61. The van der Waals surface area contributed by atoms with Gasteiger partial charge < -0.3 is 14.2 Å². The minimum absolute atomic E-state index is 0.529. The molecule has 0 saturated carbocycles. The molecule has 0 aromatic rings. The number of hydrogen-bond donors (Lipinski definition) is 0. The first-order valence-corrected chi connectivity index (χ1v) is 5.17. The second kappa shape index (κ2) is 6.09. The molecule has 1 aliphatic carbocycles. The molecule has 1 rings (SSSR count). The summed E-state index contributed by atoms with van der Waals surface area (Å²) in [6, 6.07) is 0. The molecule has 0 spiro atoms. The van der Waals surface area contributed by atoms with E-state index in [-0.39, 0.29) is 0 Å². The van der Waals surface area contributed by atoms with Gasteiger partial charge in [0.15, 0.2) is 5.76 Å². The Morgan fingerprint density at radius 2 is 2.14 bits per heavy atom. The van der Waals surface area contributed by atoms with E-state index in [1.807, 2.05) is 12.5 Å². The Hall–Kier alpha value is -0.480. The second-order valence-electron chi connectivity index (χ2n) is 2.75. The van der Waals surface area contributed by atoms with Crippen LogP contribution < -0.4 is 0 Å². The summed E-state index contributed by atoms with van der Waals surface area (Å²) in [5.74, 6) is 1.61. The molecule has 0 saturated heterocycles. The largest absolute Gasteiger partial charge is 0.497 e. The van der Waals surface area contributed by atoms with Gasteiger partial charge in [0.2, 0.25) is 0 Å². The van der Waals surface area contributed by atoms with Crippen LogP contribution in [0.3, 0.4) is 0 Å². The lowest BCUT2D eigenvalue weighted by Crippen LogP contribution is -2.08. The monoisotopic (exact) mass is 261 g/mol. The van der Waals surface area contributed by atoms with Crippen LogP contribution >= 0.6 is 15.9 Å². The third kappa shape index (κ3) is 3.03. The van der Waals surface area contributed by atoms with Gasteiger partial charge >= 0.3 is 0 Å². The molecule has 0 atom stereocenters. The Bertz CT molecular complexity index is 246. The number of ether oxygens (including phenoxy) is 3. The van der Waals surface area contributed by atoms with Crippen molar-refractivity contribution in [1.82, 2.24) is 0 Å². The van der Waals surface area contributed by atoms with E-state index in [2.05, 4.69) is 15.9 Å². The minimum atomic E-state index is 0.529. The molecule has 0 N–H and O–H groups in total. The van der Waals surface area contributed by atoms with Gasteiger partial charge in [-0.1, -0.05) is 6.08 Å². The maximum atomic E-state index is 5.53. The van der Waals surface area contributed by atoms with Crippen molar-refractivity contribution in [2.24, 2.45) is 0 Å². The third-order valence-corrected chi connectivity index (χ3v) is 2.44. The summed E-state index contributed by atoms with van der Waals surface area (Å²) in [5, 5.41) is 0. The van der Waals surface area contributed by atoms with Crippen LogP contribution in [0.25, 0.3) is 0 Å². The summed E-state index contributed by atoms with van der Waals surface area (Å²) in [6.45, 7) is 1.10. The molecule has 14 heavy (non-hydrogen) atoms. The molecular formula is C10H14BrO3. The number of halogens is 1. The Balaban J connectivity index is 2.59. The van der Waals surface area contributed by atoms with Crippen LogP contribution in [0, 0.1) is 6.42 Å². The highest BCUT2D eigenvalue weighted by Gasteiger charge is 2.16. The fourth-order valence-corrected chi connectivity index (χ4v) is 1.65. The van der Waals surface area contributed by atoms with Crippen molar-refractivity contribution >= 4 is 15.9 Å². The zero-order valence-electron chi connectivity index (χ0n) is 8.38. The molecule has 0 aromatic carbocycles. The SMILES string of the molecule is COCCOC1=C(OC)C[CH]C=C1Br. The summed E-state index contributed by atoms with van der Waals surface area (Å²) < 4.78 is 16.6. The highest BCUT2D eigenvalue weighted by molar-refractivity contribution is 9.11. The van der Waals surface area contributed by atoms with E-state index in [0.29, 0.717) is 13.2 Å². The van der Waals surface area contributed by atoms with E-state index in [0.717, 1.165) is 22.4 Å². The Morgan fingerprint density at radius 3 is 2.79 bits per heavy atom. The third-order valence-electron chi connectivity index (χ3n) is 1.82. The summed E-state index contributed by atoms with van der Waals surface area (Å²) in [6.07, 6.45) is 4.75. The van der Waals surface area contributed by atoms with Gasteiger partial charge in [0.25, 0.3) is 0 Å². The molecule has 0 aromatic heterocycles. The van der Waals surface area contributed by atoms with Crippen molar-refractivity contribution in [2.45, 2.75) is 6.42 Å². The molecule has 0 unspecified atom stereocenters.